The molecule has 2 aromatic carbocycles. The van der Waals surface area contributed by atoms with Gasteiger partial charge in [-0.2, -0.15) is 0 Å². The second-order valence-electron chi connectivity index (χ2n) is 5.62. The van der Waals surface area contributed by atoms with E-state index in [1.807, 2.05) is 17.7 Å². The fourth-order valence-corrected chi connectivity index (χ4v) is 4.80. The zero-order valence-electron chi connectivity index (χ0n) is 11.1. The van der Waals surface area contributed by atoms with Crippen LogP contribution < -0.4 is 4.57 Å². The van der Waals surface area contributed by atoms with Crippen molar-refractivity contribution in [1.29, 1.82) is 0 Å². The van der Waals surface area contributed by atoms with Gasteiger partial charge in [-0.25, -0.2) is 4.57 Å². The normalized spacial score (nSPS) is 13.5. The predicted molar refractivity (Wildman–Crippen MR) is 85.7 cm³/mol. The molecule has 98 valence electrons. The van der Waals surface area contributed by atoms with Gasteiger partial charge >= 0.3 is 0 Å². The topological polar surface area (TPSA) is 21.7 Å². The van der Waals surface area contributed by atoms with Gasteiger partial charge in [-0.15, -0.1) is 11.3 Å². The van der Waals surface area contributed by atoms with Crippen molar-refractivity contribution >= 4 is 53.4 Å². The largest absolute Gasteiger partial charge is 0.309 e. The van der Waals surface area contributed by atoms with Gasteiger partial charge in [0.2, 0.25) is 5.52 Å². The lowest BCUT2D eigenvalue weighted by atomic mass is 10.0. The molecule has 0 saturated carbocycles. The third kappa shape index (κ3) is 1.08. The first-order valence-electron chi connectivity index (χ1n) is 7.01. The number of nitrogens with zero attached hydrogens (tertiary/aromatic N) is 3. The lowest BCUT2D eigenvalue weighted by Crippen LogP contribution is -2.35. The molecule has 0 radical (unpaired) electrons. The Bertz CT molecular complexity index is 1210. The molecule has 0 saturated heterocycles. The van der Waals surface area contributed by atoms with E-state index in [2.05, 4.69) is 56.7 Å². The van der Waals surface area contributed by atoms with Crippen molar-refractivity contribution in [1.82, 2.24) is 9.55 Å². The maximum atomic E-state index is 4.58. The van der Waals surface area contributed by atoms with Gasteiger partial charge in [-0.1, -0.05) is 6.07 Å². The molecule has 1 aliphatic rings. The first kappa shape index (κ1) is 10.3. The van der Waals surface area contributed by atoms with Crippen molar-refractivity contribution in [2.75, 3.05) is 0 Å². The maximum Gasteiger partial charge on any atom is 0.289 e. The molecule has 0 atom stereocenters. The van der Waals surface area contributed by atoms with E-state index >= 15 is 0 Å². The second-order valence-corrected chi connectivity index (χ2v) is 6.70. The third-order valence-electron chi connectivity index (χ3n) is 4.52. The lowest BCUT2D eigenvalue weighted by molar-refractivity contribution is -0.674. The number of hydrogen-bond donors (Lipinski definition) is 0. The Morgan fingerprint density at radius 3 is 3.00 bits per heavy atom. The molecule has 3 aromatic heterocycles. The molecule has 0 unspecified atom stereocenters. The molecule has 0 N–H and O–H groups in total. The molecule has 6 rings (SSSR count). The SMILES string of the molecule is c1cc2sc3ccc4ccc5nc[n+]6c5c4c3c2n(c1)C6. The average molecular weight is 288 g/mol. The van der Waals surface area contributed by atoms with Crippen LogP contribution in [0.3, 0.4) is 0 Å². The number of imidazole rings is 1. The minimum Gasteiger partial charge on any atom is -0.309 e. The van der Waals surface area contributed by atoms with E-state index in [1.54, 1.807) is 0 Å². The molecule has 1 aliphatic heterocycles. The number of hydrogen-bond acceptors (Lipinski definition) is 2. The molecule has 0 bridgehead atoms. The Balaban J connectivity index is 2.13. The monoisotopic (exact) mass is 288 g/mol. The van der Waals surface area contributed by atoms with Crippen molar-refractivity contribution in [3.05, 3.63) is 48.9 Å². The molecule has 0 spiro atoms. The number of thiophene rings is 1. The summed E-state index contributed by atoms with van der Waals surface area (Å²) in [5.41, 5.74) is 3.71. The molecule has 5 aromatic rings. The van der Waals surface area contributed by atoms with Gasteiger partial charge in [-0.05, 0) is 40.7 Å². The van der Waals surface area contributed by atoms with Crippen LogP contribution in [0.5, 0.6) is 0 Å². The molecule has 3 nitrogen and oxygen atoms in total. The van der Waals surface area contributed by atoms with Crippen LogP contribution in [-0.4, -0.2) is 9.55 Å². The summed E-state index contributed by atoms with van der Waals surface area (Å²) in [7, 11) is 0. The van der Waals surface area contributed by atoms with Crippen LogP contribution >= 0.6 is 11.3 Å². The average Bonchev–Trinajstić information content (AvgIpc) is 3.04. The summed E-state index contributed by atoms with van der Waals surface area (Å²) in [6.45, 7) is 0.827. The van der Waals surface area contributed by atoms with Crippen LogP contribution in [0.4, 0.5) is 0 Å². The first-order chi connectivity index (χ1) is 10.4. The Labute approximate surface area is 123 Å². The lowest BCUT2D eigenvalue weighted by Gasteiger charge is -2.04. The number of benzene rings is 2. The fraction of sp³-hybridized carbons (Fsp3) is 0.0588. The molecule has 4 heteroatoms. The first-order valence-corrected chi connectivity index (χ1v) is 7.83. The predicted octanol–water partition coefficient (Wildman–Crippen LogP) is 3.66. The van der Waals surface area contributed by atoms with Gasteiger partial charge < -0.3 is 4.57 Å². The van der Waals surface area contributed by atoms with Gasteiger partial charge in [-0.3, -0.25) is 0 Å². The maximum absolute atomic E-state index is 4.58. The molecule has 4 heterocycles. The van der Waals surface area contributed by atoms with Crippen molar-refractivity contribution in [3.8, 4) is 0 Å². The van der Waals surface area contributed by atoms with Gasteiger partial charge in [0.1, 0.15) is 0 Å². The molecule has 0 aliphatic carbocycles. The molecule has 0 fully saturated rings. The Hall–Kier alpha value is -2.46. The van der Waals surface area contributed by atoms with E-state index in [-0.39, 0.29) is 0 Å². The zero-order chi connectivity index (χ0) is 13.6. The van der Waals surface area contributed by atoms with Crippen LogP contribution in [-0.2, 0) is 6.67 Å². The number of pyridine rings is 1. The van der Waals surface area contributed by atoms with E-state index in [4.69, 9.17) is 0 Å². The summed E-state index contributed by atoms with van der Waals surface area (Å²) < 4.78 is 7.32. The van der Waals surface area contributed by atoms with E-state index in [0.717, 1.165) is 12.2 Å². The quantitative estimate of drug-likeness (QED) is 0.391. The highest BCUT2D eigenvalue weighted by atomic mass is 32.1. The van der Waals surface area contributed by atoms with E-state index in [0.29, 0.717) is 0 Å². The molecular weight excluding hydrogens is 278 g/mol. The minimum atomic E-state index is 0.827. The molecule has 21 heavy (non-hydrogen) atoms. The van der Waals surface area contributed by atoms with Crippen molar-refractivity contribution < 1.29 is 4.57 Å². The standard InChI is InChI=1S/C17H10N3S/c1-2-13-17-15-12(21-13)6-4-10-3-5-11-16(14(10)15)20(8-18-11)9-19(17)7-1/h1-8H,9H2/q+1. The number of aromatic nitrogens is 3. The highest BCUT2D eigenvalue weighted by Crippen LogP contribution is 2.40. The smallest absolute Gasteiger partial charge is 0.289 e. The summed E-state index contributed by atoms with van der Waals surface area (Å²) in [5, 5.41) is 4.04. The second kappa shape index (κ2) is 3.23. The Kier molecular flexibility index (Phi) is 1.58. The van der Waals surface area contributed by atoms with Crippen LogP contribution in [0.25, 0.3) is 42.1 Å². The minimum absolute atomic E-state index is 0.827. The summed E-state index contributed by atoms with van der Waals surface area (Å²) >= 11 is 1.88. The highest BCUT2D eigenvalue weighted by Gasteiger charge is 2.23. The van der Waals surface area contributed by atoms with Crippen molar-refractivity contribution in [2.24, 2.45) is 0 Å². The van der Waals surface area contributed by atoms with Crippen LogP contribution in [0.2, 0.25) is 0 Å². The Morgan fingerprint density at radius 1 is 1.05 bits per heavy atom. The van der Waals surface area contributed by atoms with Crippen LogP contribution in [0.15, 0.2) is 48.9 Å². The third-order valence-corrected chi connectivity index (χ3v) is 5.63. The van der Waals surface area contributed by atoms with Gasteiger partial charge in [0.15, 0.2) is 12.2 Å². The van der Waals surface area contributed by atoms with Crippen molar-refractivity contribution in [3.63, 3.8) is 0 Å². The van der Waals surface area contributed by atoms with Gasteiger partial charge in [0.05, 0.1) is 10.2 Å². The molecular formula is C17H10N3S+. The van der Waals surface area contributed by atoms with Crippen LogP contribution in [0, 0.1) is 0 Å². The Morgan fingerprint density at radius 2 is 2.00 bits per heavy atom. The summed E-state index contributed by atoms with van der Waals surface area (Å²) in [6.07, 6.45) is 4.13. The summed E-state index contributed by atoms with van der Waals surface area (Å²) in [5.74, 6) is 0. The van der Waals surface area contributed by atoms with E-state index < -0.39 is 0 Å². The van der Waals surface area contributed by atoms with Gasteiger partial charge in [0.25, 0.3) is 6.33 Å². The van der Waals surface area contributed by atoms with Crippen LogP contribution in [0.1, 0.15) is 0 Å². The highest BCUT2D eigenvalue weighted by molar-refractivity contribution is 7.26. The fourth-order valence-electron chi connectivity index (χ4n) is 3.66. The summed E-state index contributed by atoms with van der Waals surface area (Å²) in [4.78, 5) is 4.58. The molecule has 0 amide bonds. The zero-order valence-corrected chi connectivity index (χ0v) is 11.9. The van der Waals surface area contributed by atoms with Crippen molar-refractivity contribution in [2.45, 2.75) is 6.67 Å². The van der Waals surface area contributed by atoms with E-state index in [9.17, 15) is 0 Å². The van der Waals surface area contributed by atoms with E-state index in [1.165, 1.54) is 36.6 Å². The summed E-state index contributed by atoms with van der Waals surface area (Å²) in [6, 6.07) is 13.2. The number of rotatable bonds is 0. The van der Waals surface area contributed by atoms with Gasteiger partial charge in [0, 0.05) is 21.7 Å².